The Morgan fingerprint density at radius 2 is 1.95 bits per heavy atom. The molecule has 0 radical (unpaired) electrons. The molecular formula is C16H25N3O2. The van der Waals surface area contributed by atoms with E-state index in [1.165, 1.54) is 0 Å². The van der Waals surface area contributed by atoms with Gasteiger partial charge in [-0.2, -0.15) is 0 Å². The number of amides is 1. The predicted molar refractivity (Wildman–Crippen MR) is 83.9 cm³/mol. The first-order valence-electron chi connectivity index (χ1n) is 7.61. The molecule has 1 amide bonds. The van der Waals surface area contributed by atoms with Crippen LogP contribution < -0.4 is 5.73 Å². The van der Waals surface area contributed by atoms with Crippen LogP contribution in [-0.4, -0.2) is 59.6 Å². The van der Waals surface area contributed by atoms with Crippen molar-refractivity contribution < 1.29 is 9.90 Å². The molecule has 1 heterocycles. The number of carbonyl (C=O) groups is 1. The SMILES string of the molecule is CCC(CO)N1CCN(C(=O)Cc2ccccc2N)CC1. The molecule has 21 heavy (non-hydrogen) atoms. The zero-order valence-electron chi connectivity index (χ0n) is 12.7. The van der Waals surface area contributed by atoms with Crippen LogP contribution in [0.25, 0.3) is 0 Å². The smallest absolute Gasteiger partial charge is 0.227 e. The summed E-state index contributed by atoms with van der Waals surface area (Å²) in [6, 6.07) is 7.73. The van der Waals surface area contributed by atoms with Crippen molar-refractivity contribution in [2.45, 2.75) is 25.8 Å². The summed E-state index contributed by atoms with van der Waals surface area (Å²) in [4.78, 5) is 16.5. The van der Waals surface area contributed by atoms with Crippen molar-refractivity contribution in [2.75, 3.05) is 38.5 Å². The number of carbonyl (C=O) groups excluding carboxylic acids is 1. The van der Waals surface area contributed by atoms with Gasteiger partial charge in [-0.05, 0) is 18.1 Å². The number of para-hydroxylation sites is 1. The number of benzene rings is 1. The lowest BCUT2D eigenvalue weighted by Crippen LogP contribution is -2.53. The zero-order chi connectivity index (χ0) is 15.2. The van der Waals surface area contributed by atoms with Gasteiger partial charge in [0.2, 0.25) is 5.91 Å². The largest absolute Gasteiger partial charge is 0.398 e. The molecule has 0 aliphatic carbocycles. The van der Waals surface area contributed by atoms with Gasteiger partial charge in [0, 0.05) is 37.9 Å². The van der Waals surface area contributed by atoms with Crippen molar-refractivity contribution in [2.24, 2.45) is 0 Å². The first-order chi connectivity index (χ1) is 10.2. The molecule has 3 N–H and O–H groups in total. The van der Waals surface area contributed by atoms with Crippen LogP contribution in [0, 0.1) is 0 Å². The molecule has 1 unspecified atom stereocenters. The van der Waals surface area contributed by atoms with Crippen LogP contribution in [-0.2, 0) is 11.2 Å². The lowest BCUT2D eigenvalue weighted by molar-refractivity contribution is -0.132. The summed E-state index contributed by atoms with van der Waals surface area (Å²) in [6.45, 7) is 5.37. The highest BCUT2D eigenvalue weighted by Gasteiger charge is 2.25. The second-order valence-electron chi connectivity index (χ2n) is 5.54. The Bertz CT molecular complexity index is 466. The number of aliphatic hydroxyl groups excluding tert-OH is 1. The monoisotopic (exact) mass is 291 g/mol. The highest BCUT2D eigenvalue weighted by molar-refractivity contribution is 5.80. The number of nitrogen functional groups attached to an aromatic ring is 1. The summed E-state index contributed by atoms with van der Waals surface area (Å²) >= 11 is 0. The van der Waals surface area contributed by atoms with Crippen LogP contribution in [0.3, 0.4) is 0 Å². The highest BCUT2D eigenvalue weighted by Crippen LogP contribution is 2.14. The second kappa shape index (κ2) is 7.43. The van der Waals surface area contributed by atoms with Gasteiger partial charge in [-0.3, -0.25) is 9.69 Å². The van der Waals surface area contributed by atoms with Crippen LogP contribution in [0.15, 0.2) is 24.3 Å². The van der Waals surface area contributed by atoms with Crippen LogP contribution in [0.1, 0.15) is 18.9 Å². The molecule has 0 aromatic heterocycles. The molecule has 1 aromatic carbocycles. The standard InChI is InChI=1S/C16H25N3O2/c1-2-14(12-20)18-7-9-19(10-8-18)16(21)11-13-5-3-4-6-15(13)17/h3-6,14,20H,2,7-12,17H2,1H3. The minimum absolute atomic E-state index is 0.129. The van der Waals surface area contributed by atoms with Gasteiger partial charge >= 0.3 is 0 Å². The van der Waals surface area contributed by atoms with Gasteiger partial charge in [0.05, 0.1) is 13.0 Å². The molecule has 1 aromatic rings. The quantitative estimate of drug-likeness (QED) is 0.785. The van der Waals surface area contributed by atoms with Crippen molar-refractivity contribution in [3.05, 3.63) is 29.8 Å². The summed E-state index contributed by atoms with van der Waals surface area (Å²) in [5.41, 5.74) is 7.46. The molecule has 1 saturated heterocycles. The minimum Gasteiger partial charge on any atom is -0.398 e. The van der Waals surface area contributed by atoms with Crippen molar-refractivity contribution >= 4 is 11.6 Å². The summed E-state index contributed by atoms with van der Waals surface area (Å²) < 4.78 is 0. The van der Waals surface area contributed by atoms with Gasteiger partial charge in [0.25, 0.3) is 0 Å². The predicted octanol–water partition coefficient (Wildman–Crippen LogP) is 0.726. The van der Waals surface area contributed by atoms with E-state index < -0.39 is 0 Å². The number of hydrogen-bond donors (Lipinski definition) is 2. The van der Waals surface area contributed by atoms with Crippen LogP contribution >= 0.6 is 0 Å². The fourth-order valence-electron chi connectivity index (χ4n) is 2.81. The lowest BCUT2D eigenvalue weighted by atomic mass is 10.1. The van der Waals surface area contributed by atoms with E-state index in [4.69, 9.17) is 5.73 Å². The van der Waals surface area contributed by atoms with E-state index in [2.05, 4.69) is 11.8 Å². The Labute approximate surface area is 126 Å². The zero-order valence-corrected chi connectivity index (χ0v) is 12.7. The Morgan fingerprint density at radius 3 is 2.52 bits per heavy atom. The molecule has 116 valence electrons. The number of nitrogens with zero attached hydrogens (tertiary/aromatic N) is 2. The Morgan fingerprint density at radius 1 is 1.29 bits per heavy atom. The molecule has 1 atom stereocenters. The maximum absolute atomic E-state index is 12.3. The third kappa shape index (κ3) is 3.95. The molecular weight excluding hydrogens is 266 g/mol. The Kier molecular flexibility index (Phi) is 5.59. The van der Waals surface area contributed by atoms with Crippen LogP contribution in [0.4, 0.5) is 5.69 Å². The number of hydrogen-bond acceptors (Lipinski definition) is 4. The van der Waals surface area contributed by atoms with E-state index in [1.807, 2.05) is 29.2 Å². The topological polar surface area (TPSA) is 69.8 Å². The number of rotatable bonds is 5. The first-order valence-corrected chi connectivity index (χ1v) is 7.61. The molecule has 2 rings (SSSR count). The highest BCUT2D eigenvalue weighted by atomic mass is 16.3. The van der Waals surface area contributed by atoms with Crippen LogP contribution in [0.2, 0.25) is 0 Å². The molecule has 1 fully saturated rings. The third-order valence-electron chi connectivity index (χ3n) is 4.26. The van der Waals surface area contributed by atoms with Gasteiger partial charge in [-0.15, -0.1) is 0 Å². The summed E-state index contributed by atoms with van der Waals surface area (Å²) in [6.07, 6.45) is 1.30. The fraction of sp³-hybridized carbons (Fsp3) is 0.562. The average molecular weight is 291 g/mol. The Balaban J connectivity index is 1.87. The molecule has 0 spiro atoms. The fourth-order valence-corrected chi connectivity index (χ4v) is 2.81. The van der Waals surface area contributed by atoms with Gasteiger partial charge in [-0.1, -0.05) is 25.1 Å². The maximum Gasteiger partial charge on any atom is 0.227 e. The van der Waals surface area contributed by atoms with E-state index in [0.29, 0.717) is 12.1 Å². The number of anilines is 1. The normalized spacial score (nSPS) is 17.7. The lowest BCUT2D eigenvalue weighted by Gasteiger charge is -2.38. The van der Waals surface area contributed by atoms with Gasteiger partial charge < -0.3 is 15.7 Å². The Hall–Kier alpha value is -1.59. The first kappa shape index (κ1) is 15.8. The van der Waals surface area contributed by atoms with Crippen molar-refractivity contribution in [1.82, 2.24) is 9.80 Å². The molecule has 0 bridgehead atoms. The van der Waals surface area contributed by atoms with Crippen molar-refractivity contribution in [1.29, 1.82) is 0 Å². The van der Waals surface area contributed by atoms with E-state index in [0.717, 1.165) is 38.2 Å². The molecule has 5 heteroatoms. The van der Waals surface area contributed by atoms with Gasteiger partial charge in [0.1, 0.15) is 0 Å². The number of piperazine rings is 1. The average Bonchev–Trinajstić information content (AvgIpc) is 2.51. The minimum atomic E-state index is 0.129. The molecule has 0 saturated carbocycles. The van der Waals surface area contributed by atoms with Crippen molar-refractivity contribution in [3.8, 4) is 0 Å². The van der Waals surface area contributed by atoms with E-state index in [-0.39, 0.29) is 18.6 Å². The molecule has 5 nitrogen and oxygen atoms in total. The van der Waals surface area contributed by atoms with E-state index >= 15 is 0 Å². The maximum atomic E-state index is 12.3. The van der Waals surface area contributed by atoms with Gasteiger partial charge in [0.15, 0.2) is 0 Å². The van der Waals surface area contributed by atoms with Crippen molar-refractivity contribution in [3.63, 3.8) is 0 Å². The second-order valence-corrected chi connectivity index (χ2v) is 5.54. The number of aliphatic hydroxyl groups is 1. The summed E-state index contributed by atoms with van der Waals surface area (Å²) in [7, 11) is 0. The third-order valence-corrected chi connectivity index (χ3v) is 4.26. The van der Waals surface area contributed by atoms with Crippen LogP contribution in [0.5, 0.6) is 0 Å². The van der Waals surface area contributed by atoms with E-state index in [9.17, 15) is 9.90 Å². The summed E-state index contributed by atoms with van der Waals surface area (Å²) in [5, 5.41) is 9.34. The summed E-state index contributed by atoms with van der Waals surface area (Å²) in [5.74, 6) is 0.129. The van der Waals surface area contributed by atoms with E-state index in [1.54, 1.807) is 0 Å². The molecule has 1 aliphatic rings. The molecule has 1 aliphatic heterocycles. The number of nitrogens with two attached hydrogens (primary N) is 1. The van der Waals surface area contributed by atoms with Gasteiger partial charge in [-0.25, -0.2) is 0 Å².